The first-order chi connectivity index (χ1) is 63.0. The molecule has 10 heterocycles. The number of nitrogen functional groups attached to an aromatic ring is 1. The van der Waals surface area contributed by atoms with Crippen LogP contribution in [-0.4, -0.2) is 121 Å². The third-order valence-electron chi connectivity index (χ3n) is 22.4. The summed E-state index contributed by atoms with van der Waals surface area (Å²) in [6, 6.07) is 87.3. The summed E-state index contributed by atoms with van der Waals surface area (Å²) in [5.41, 5.74) is 25.4. The number of furan rings is 1. The maximum atomic E-state index is 11.4. The van der Waals surface area contributed by atoms with Crippen molar-refractivity contribution in [1.82, 2.24) is 43.8 Å². The van der Waals surface area contributed by atoms with Crippen LogP contribution in [0.2, 0.25) is 0 Å². The first-order valence-corrected chi connectivity index (χ1v) is 42.3. The minimum Gasteiger partial charge on any atom is -0.508 e. The molecule has 2 fully saturated rings. The number of carbonyl (C=O) groups is 1. The van der Waals surface area contributed by atoms with Crippen LogP contribution in [0.3, 0.4) is 0 Å². The number of aryl methyl sites for hydroxylation is 1. The standard InChI is InChI=1S/C21H19N3O3.C21H22N2O3.C20H17N3O3.C20H21N3O2.C20H17N3O2/c25-17-8-4-7-16(9-17)13-24-14-23-19(10-15-5-2-1-3-6-15)20(24)11-18-12-22-21(26)27-18;24-19-8-4-7-17(13-19)23-12-11-22(16-5-2-1-3-6-16)15-18(23)14-20-9-10-21(25)26-20;24-16-8-4-5-14(9-16)12-23-13-22-19(15-6-2-1-3-7-15)18(23)10-17-11-21-20(25)26-17;1-15-19(14-25-21-15)20-13-22(16-6-3-2-4-7-16)10-11-23(20)17-8-5-9-18(24)12-17;21-18-12-25-11-17(18)20-19(15-6-2-1-3-7-15)22-13-23(20)10-14-5-4-8-16(24)9-14/h1-9,12,14,25H,10-11,13H2,(H,22,26);1-9,13,18,24H,10-12,14-15H2;1-9,11,13,24H,10,12H2,(H,21,25);2-9,12,14,20,24H,10-11,13H2,1H3;1-9,11-13,24H,10,21H2. The van der Waals surface area contributed by atoms with Crippen LogP contribution < -0.4 is 36.8 Å². The molecule has 0 amide bonds. The van der Waals surface area contributed by atoms with Gasteiger partial charge in [-0.15, -0.1) is 0 Å². The van der Waals surface area contributed by atoms with Crippen LogP contribution >= 0.6 is 0 Å². The predicted molar refractivity (Wildman–Crippen MR) is 494 cm³/mol. The Morgan fingerprint density at radius 3 is 1.41 bits per heavy atom. The van der Waals surface area contributed by atoms with Gasteiger partial charge in [0.2, 0.25) is 0 Å². The number of H-pyrrole nitrogens is 2. The SMILES string of the molecule is Cc1nocc1C1CN(c2ccccc2)CCN1c1cccc(O)c1.Nc1cocc1-c1c(-c2ccccc2)ncn1Cc1cccc(O)c1.O=C1CC=C(CC2CN(c3ccccc3)CCN2c2cccc(O)c2)O1.O=c1[nH]cc(Cc2c(-c3ccccc3)ncn2Cc2cccc(O)c2)o1.O=c1[nH]cc(Cc2c(Cc3ccccc3)ncn2Cc2cccc(O)c2)o1. The van der Waals surface area contributed by atoms with Crippen LogP contribution in [0, 0.1) is 6.92 Å². The summed E-state index contributed by atoms with van der Waals surface area (Å²) < 4.78 is 32.2. The number of aromatic hydroxyl groups is 5. The van der Waals surface area contributed by atoms with Crippen molar-refractivity contribution in [2.75, 3.05) is 64.6 Å². The molecule has 0 radical (unpaired) electrons. The maximum Gasteiger partial charge on any atom is 0.416 e. The molecule has 0 saturated carbocycles. The lowest BCUT2D eigenvalue weighted by Gasteiger charge is -2.44. The van der Waals surface area contributed by atoms with Crippen LogP contribution in [0.25, 0.3) is 33.8 Å². The summed E-state index contributed by atoms with van der Waals surface area (Å²) in [7, 11) is 0. The van der Waals surface area contributed by atoms with E-state index >= 15 is 0 Å². The van der Waals surface area contributed by atoms with E-state index in [4.69, 9.17) is 28.2 Å². The highest BCUT2D eigenvalue weighted by Crippen LogP contribution is 2.39. The van der Waals surface area contributed by atoms with Crippen molar-refractivity contribution in [2.24, 2.45) is 0 Å². The number of esters is 1. The van der Waals surface area contributed by atoms with E-state index in [1.807, 2.05) is 197 Å². The van der Waals surface area contributed by atoms with E-state index in [9.17, 15) is 39.9 Å². The third kappa shape index (κ3) is 22.2. The topological polar surface area (TPSA) is 351 Å². The minimum atomic E-state index is -0.472. The molecule has 129 heavy (non-hydrogen) atoms. The number of imidazole rings is 3. The molecule has 7 aromatic heterocycles. The Kier molecular flexibility index (Phi) is 27.3. The number of nitrogens with one attached hydrogen (secondary N) is 2. The lowest BCUT2D eigenvalue weighted by atomic mass is 10.0. The first-order valence-electron chi connectivity index (χ1n) is 42.3. The molecule has 652 valence electrons. The lowest BCUT2D eigenvalue weighted by molar-refractivity contribution is -0.136. The normalized spacial score (nSPS) is 14.1. The number of carbonyl (C=O) groups excluding carboxylic acids is 1. The van der Waals surface area contributed by atoms with Gasteiger partial charge in [0, 0.05) is 148 Å². The number of ether oxygens (including phenoxy) is 1. The number of hydrogen-bond acceptors (Lipinski definition) is 22. The van der Waals surface area contributed by atoms with Crippen molar-refractivity contribution in [3.63, 3.8) is 0 Å². The van der Waals surface area contributed by atoms with Crippen LogP contribution in [-0.2, 0) is 48.4 Å². The second kappa shape index (κ2) is 40.9. The van der Waals surface area contributed by atoms with Crippen LogP contribution in [0.15, 0.2) is 362 Å². The molecule has 0 bridgehead atoms. The highest BCUT2D eigenvalue weighted by Gasteiger charge is 2.34. The number of aromatic nitrogens is 9. The minimum absolute atomic E-state index is 0.113. The van der Waals surface area contributed by atoms with Crippen molar-refractivity contribution in [3.8, 4) is 62.5 Å². The largest absolute Gasteiger partial charge is 0.508 e. The number of rotatable bonds is 22. The summed E-state index contributed by atoms with van der Waals surface area (Å²) in [5.74, 6) is 1.98. The fraction of sp³-hybridized carbons (Fsp3) is 0.167. The van der Waals surface area contributed by atoms with Crippen LogP contribution in [0.4, 0.5) is 28.4 Å². The van der Waals surface area contributed by atoms with Crippen molar-refractivity contribution >= 4 is 34.4 Å². The smallest absolute Gasteiger partial charge is 0.416 e. The van der Waals surface area contributed by atoms with E-state index in [2.05, 4.69) is 98.2 Å². The number of benzene rings is 10. The average molecular weight is 1730 g/mol. The Hall–Kier alpha value is -16.5. The molecule has 2 unspecified atom stereocenters. The van der Waals surface area contributed by atoms with Gasteiger partial charge >= 0.3 is 17.5 Å². The summed E-state index contributed by atoms with van der Waals surface area (Å²) in [5, 5.41) is 52.9. The van der Waals surface area contributed by atoms with Crippen molar-refractivity contribution < 1.29 is 52.8 Å². The Morgan fingerprint density at radius 2 is 0.907 bits per heavy atom. The molecular formula is C102H96N14O13. The molecule has 9 N–H and O–H groups in total. The van der Waals surface area contributed by atoms with Gasteiger partial charge in [-0.1, -0.05) is 181 Å². The highest BCUT2D eigenvalue weighted by molar-refractivity contribution is 5.84. The zero-order chi connectivity index (χ0) is 89.0. The van der Waals surface area contributed by atoms with E-state index in [0.29, 0.717) is 68.9 Å². The van der Waals surface area contributed by atoms with E-state index in [-0.39, 0.29) is 46.8 Å². The monoisotopic (exact) mass is 1720 g/mol. The quantitative estimate of drug-likeness (QED) is 0.0292. The zero-order valence-electron chi connectivity index (χ0n) is 70.7. The number of aromatic amines is 2. The molecule has 17 aromatic rings. The number of hydrogen-bond donors (Lipinski definition) is 8. The number of phenolic OH excluding ortho intramolecular Hbond substituents is 5. The fourth-order valence-electron chi connectivity index (χ4n) is 16.3. The summed E-state index contributed by atoms with van der Waals surface area (Å²) >= 11 is 0. The number of phenols is 5. The van der Waals surface area contributed by atoms with Gasteiger partial charge in [0.15, 0.2) is 0 Å². The summed E-state index contributed by atoms with van der Waals surface area (Å²) in [6.45, 7) is 8.83. The number of oxazole rings is 2. The molecular weight excluding hydrogens is 1630 g/mol. The molecule has 3 aliphatic rings. The second-order valence-corrected chi connectivity index (χ2v) is 31.4. The van der Waals surface area contributed by atoms with Gasteiger partial charge in [0.1, 0.15) is 64.8 Å². The number of piperazine rings is 2. The second-order valence-electron chi connectivity index (χ2n) is 31.4. The van der Waals surface area contributed by atoms with Gasteiger partial charge in [-0.25, -0.2) is 24.5 Å². The number of anilines is 5. The molecule has 2 saturated heterocycles. The number of cyclic esters (lactones) is 1. The molecule has 10 aromatic carbocycles. The van der Waals surface area contributed by atoms with Crippen LogP contribution in [0.5, 0.6) is 28.7 Å². The summed E-state index contributed by atoms with van der Waals surface area (Å²) in [4.78, 5) is 62.3. The Balaban J connectivity index is 0.000000118. The molecule has 0 spiro atoms. The molecule has 2 atom stereocenters. The van der Waals surface area contributed by atoms with Gasteiger partial charge in [-0.3, -0.25) is 14.8 Å². The molecule has 20 rings (SSSR count). The molecule has 3 aliphatic heterocycles. The van der Waals surface area contributed by atoms with E-state index in [1.54, 1.807) is 98.5 Å². The van der Waals surface area contributed by atoms with E-state index < -0.39 is 11.5 Å². The maximum absolute atomic E-state index is 11.4. The third-order valence-corrected chi connectivity index (χ3v) is 22.4. The van der Waals surface area contributed by atoms with Gasteiger partial charge in [-0.2, -0.15) is 0 Å². The number of nitrogens with zero attached hydrogens (tertiary/aromatic N) is 11. The summed E-state index contributed by atoms with van der Waals surface area (Å²) in [6.07, 6.45) is 17.9. The Bertz CT molecular complexity index is 6690. The van der Waals surface area contributed by atoms with Gasteiger partial charge in [0.05, 0.1) is 89.3 Å². The number of nitrogens with two attached hydrogens (primary N) is 1. The van der Waals surface area contributed by atoms with Gasteiger partial charge < -0.3 is 87.1 Å². The fourth-order valence-corrected chi connectivity index (χ4v) is 16.3. The van der Waals surface area contributed by atoms with Gasteiger partial charge in [0.25, 0.3) is 0 Å². The average Bonchev–Trinajstić information content (AvgIpc) is 1.48. The predicted octanol–water partition coefficient (Wildman–Crippen LogP) is 17.5. The zero-order valence-corrected chi connectivity index (χ0v) is 70.7. The molecule has 27 heteroatoms. The van der Waals surface area contributed by atoms with E-state index in [1.165, 1.54) is 17.6 Å². The number of para-hydroxylation sites is 2. The van der Waals surface area contributed by atoms with E-state index in [0.717, 1.165) is 141 Å². The van der Waals surface area contributed by atoms with Crippen molar-refractivity contribution in [2.45, 2.75) is 70.7 Å². The Labute approximate surface area is 743 Å². The van der Waals surface area contributed by atoms with Crippen LogP contribution in [0.1, 0.15) is 81.0 Å². The van der Waals surface area contributed by atoms with Crippen molar-refractivity contribution in [1.29, 1.82) is 0 Å². The first kappa shape index (κ1) is 86.1. The highest BCUT2D eigenvalue weighted by atomic mass is 16.5. The van der Waals surface area contributed by atoms with Crippen molar-refractivity contribution in [3.05, 3.63) is 418 Å². The molecule has 0 aliphatic carbocycles. The Morgan fingerprint density at radius 1 is 0.450 bits per heavy atom. The van der Waals surface area contributed by atoms with Gasteiger partial charge in [-0.05, 0) is 120 Å². The lowest BCUT2D eigenvalue weighted by Crippen LogP contribution is -2.53. The molecule has 27 nitrogen and oxygen atoms in total.